The SMILES string of the molecule is CCN(Cc1ccccc1-c1cc(CC(=O)O)c(C(F)(F)F)cc1OC)C(=O)N[C@@H](C)c1ccc(Cl)cc1. The number of amides is 2. The third-order valence-corrected chi connectivity index (χ3v) is 6.37. The van der Waals surface area contributed by atoms with Crippen LogP contribution in [0.4, 0.5) is 18.0 Å². The van der Waals surface area contributed by atoms with Crippen molar-refractivity contribution < 1.29 is 32.6 Å². The Morgan fingerprint density at radius 2 is 1.71 bits per heavy atom. The number of halogens is 4. The van der Waals surface area contributed by atoms with Gasteiger partial charge in [-0.15, -0.1) is 0 Å². The van der Waals surface area contributed by atoms with Gasteiger partial charge in [0.15, 0.2) is 0 Å². The molecule has 0 radical (unpaired) electrons. The Morgan fingerprint density at radius 3 is 2.29 bits per heavy atom. The molecule has 3 rings (SSSR count). The fourth-order valence-electron chi connectivity index (χ4n) is 4.14. The molecule has 2 amide bonds. The van der Waals surface area contributed by atoms with Crippen molar-refractivity contribution in [3.8, 4) is 16.9 Å². The molecule has 0 unspecified atom stereocenters. The molecule has 0 heterocycles. The van der Waals surface area contributed by atoms with Gasteiger partial charge in [0, 0.05) is 23.7 Å². The predicted molar refractivity (Wildman–Crippen MR) is 139 cm³/mol. The molecule has 0 saturated carbocycles. The summed E-state index contributed by atoms with van der Waals surface area (Å²) < 4.78 is 46.3. The number of carbonyl (C=O) groups excluding carboxylic acids is 1. The van der Waals surface area contributed by atoms with Crippen LogP contribution in [0.15, 0.2) is 60.7 Å². The van der Waals surface area contributed by atoms with E-state index in [9.17, 15) is 27.9 Å². The summed E-state index contributed by atoms with van der Waals surface area (Å²) >= 11 is 5.95. The van der Waals surface area contributed by atoms with Gasteiger partial charge in [-0.3, -0.25) is 4.79 Å². The molecule has 3 aromatic rings. The number of carboxylic acids is 1. The third-order valence-electron chi connectivity index (χ3n) is 6.12. The minimum atomic E-state index is -4.76. The van der Waals surface area contributed by atoms with Crippen LogP contribution in [-0.2, 0) is 23.9 Å². The van der Waals surface area contributed by atoms with Crippen LogP contribution in [0.5, 0.6) is 5.75 Å². The van der Waals surface area contributed by atoms with Gasteiger partial charge in [-0.1, -0.05) is 48.0 Å². The number of nitrogens with one attached hydrogen (secondary N) is 1. The zero-order chi connectivity index (χ0) is 28.0. The molecular weight excluding hydrogens is 521 g/mol. The molecule has 0 aliphatic carbocycles. The Morgan fingerprint density at radius 1 is 1.05 bits per heavy atom. The van der Waals surface area contributed by atoms with Crippen molar-refractivity contribution in [2.75, 3.05) is 13.7 Å². The maximum absolute atomic E-state index is 13.7. The lowest BCUT2D eigenvalue weighted by Gasteiger charge is -2.26. The summed E-state index contributed by atoms with van der Waals surface area (Å²) in [6.45, 7) is 4.19. The lowest BCUT2D eigenvalue weighted by atomic mass is 9.93. The lowest BCUT2D eigenvalue weighted by molar-refractivity contribution is -0.139. The van der Waals surface area contributed by atoms with Gasteiger partial charge in [-0.05, 0) is 60.4 Å². The van der Waals surface area contributed by atoms with E-state index in [0.29, 0.717) is 28.3 Å². The summed E-state index contributed by atoms with van der Waals surface area (Å²) in [5.41, 5.74) is 0.920. The Labute approximate surface area is 224 Å². The van der Waals surface area contributed by atoms with Gasteiger partial charge in [-0.25, -0.2) is 4.79 Å². The summed E-state index contributed by atoms with van der Waals surface area (Å²) in [7, 11) is 1.25. The van der Waals surface area contributed by atoms with E-state index >= 15 is 0 Å². The smallest absolute Gasteiger partial charge is 0.416 e. The molecule has 0 bridgehead atoms. The van der Waals surface area contributed by atoms with E-state index in [1.807, 2.05) is 26.0 Å². The summed E-state index contributed by atoms with van der Waals surface area (Å²) in [6.07, 6.45) is -5.56. The highest BCUT2D eigenvalue weighted by molar-refractivity contribution is 6.30. The van der Waals surface area contributed by atoms with Gasteiger partial charge in [0.2, 0.25) is 0 Å². The number of alkyl halides is 3. The molecule has 0 aliphatic rings. The Bertz CT molecular complexity index is 1300. The molecule has 38 heavy (non-hydrogen) atoms. The van der Waals surface area contributed by atoms with Crippen molar-refractivity contribution >= 4 is 23.6 Å². The van der Waals surface area contributed by atoms with Crippen LogP contribution in [0.25, 0.3) is 11.1 Å². The van der Waals surface area contributed by atoms with E-state index in [0.717, 1.165) is 11.6 Å². The van der Waals surface area contributed by atoms with E-state index < -0.39 is 24.1 Å². The maximum atomic E-state index is 13.7. The minimum Gasteiger partial charge on any atom is -0.496 e. The van der Waals surface area contributed by atoms with Crippen molar-refractivity contribution in [2.24, 2.45) is 0 Å². The average molecular weight is 549 g/mol. The standard InChI is InChI=1S/C28H28ClF3N2O4/c1-4-34(27(37)33-17(2)18-9-11-21(29)12-10-18)16-19-7-5-6-8-22(19)23-13-20(14-26(35)36)24(28(30,31)32)15-25(23)38-3/h5-13,15,17H,4,14,16H2,1-3H3,(H,33,37)(H,35,36)/t17-/m0/s1. The Kier molecular flexibility index (Phi) is 9.27. The number of hydrogen-bond donors (Lipinski definition) is 2. The minimum absolute atomic E-state index is 0.0530. The van der Waals surface area contributed by atoms with Crippen molar-refractivity contribution in [3.63, 3.8) is 0 Å². The van der Waals surface area contributed by atoms with Crippen LogP contribution in [0.3, 0.4) is 0 Å². The van der Waals surface area contributed by atoms with E-state index in [1.54, 1.807) is 41.3 Å². The first kappa shape index (κ1) is 28.8. The van der Waals surface area contributed by atoms with E-state index in [1.165, 1.54) is 13.2 Å². The molecule has 0 saturated heterocycles. The highest BCUT2D eigenvalue weighted by Crippen LogP contribution is 2.41. The number of benzene rings is 3. The molecule has 0 aromatic heterocycles. The van der Waals surface area contributed by atoms with Crippen molar-refractivity contribution in [3.05, 3.63) is 87.9 Å². The van der Waals surface area contributed by atoms with E-state index in [-0.39, 0.29) is 29.9 Å². The molecule has 2 N–H and O–H groups in total. The number of aliphatic carboxylic acids is 1. The second-order valence-corrected chi connectivity index (χ2v) is 9.11. The molecule has 0 fully saturated rings. The van der Waals surface area contributed by atoms with Gasteiger partial charge in [0.1, 0.15) is 5.75 Å². The predicted octanol–water partition coefficient (Wildman–Crippen LogP) is 6.95. The van der Waals surface area contributed by atoms with Crippen LogP contribution in [0.1, 0.15) is 42.1 Å². The number of rotatable bonds is 9. The van der Waals surface area contributed by atoms with Crippen LogP contribution < -0.4 is 10.1 Å². The molecule has 0 spiro atoms. The number of ether oxygens (including phenoxy) is 1. The summed E-state index contributed by atoms with van der Waals surface area (Å²) in [4.78, 5) is 26.0. The average Bonchev–Trinajstić information content (AvgIpc) is 2.86. The number of hydrogen-bond acceptors (Lipinski definition) is 3. The highest BCUT2D eigenvalue weighted by atomic mass is 35.5. The number of carboxylic acid groups (broad SMARTS) is 1. The van der Waals surface area contributed by atoms with Gasteiger partial charge in [-0.2, -0.15) is 13.2 Å². The highest BCUT2D eigenvalue weighted by Gasteiger charge is 2.35. The third kappa shape index (κ3) is 6.98. The molecule has 3 aromatic carbocycles. The first-order valence-corrected chi connectivity index (χ1v) is 12.2. The second kappa shape index (κ2) is 12.2. The normalized spacial score (nSPS) is 12.1. The van der Waals surface area contributed by atoms with Gasteiger partial charge >= 0.3 is 18.2 Å². The first-order valence-electron chi connectivity index (χ1n) is 11.8. The Hall–Kier alpha value is -3.72. The summed E-state index contributed by atoms with van der Waals surface area (Å²) in [5, 5.41) is 12.8. The number of urea groups is 1. The zero-order valence-electron chi connectivity index (χ0n) is 21.1. The molecule has 202 valence electrons. The first-order chi connectivity index (χ1) is 17.9. The summed E-state index contributed by atoms with van der Waals surface area (Å²) in [6, 6.07) is 15.5. The fraction of sp³-hybridized carbons (Fsp3) is 0.286. The largest absolute Gasteiger partial charge is 0.496 e. The molecule has 0 aliphatic heterocycles. The zero-order valence-corrected chi connectivity index (χ0v) is 21.9. The van der Waals surface area contributed by atoms with Gasteiger partial charge < -0.3 is 20.1 Å². The summed E-state index contributed by atoms with van der Waals surface area (Å²) in [5.74, 6) is -1.44. The van der Waals surface area contributed by atoms with Crippen molar-refractivity contribution in [1.29, 1.82) is 0 Å². The Balaban J connectivity index is 1.96. The van der Waals surface area contributed by atoms with Gasteiger partial charge in [0.05, 0.1) is 25.1 Å². The van der Waals surface area contributed by atoms with E-state index in [2.05, 4.69) is 5.32 Å². The van der Waals surface area contributed by atoms with E-state index in [4.69, 9.17) is 16.3 Å². The fourth-order valence-corrected chi connectivity index (χ4v) is 4.27. The van der Waals surface area contributed by atoms with Crippen molar-refractivity contribution in [1.82, 2.24) is 10.2 Å². The molecule has 6 nitrogen and oxygen atoms in total. The molecule has 10 heteroatoms. The lowest BCUT2D eigenvalue weighted by Crippen LogP contribution is -2.40. The van der Waals surface area contributed by atoms with Gasteiger partial charge in [0.25, 0.3) is 0 Å². The monoisotopic (exact) mass is 548 g/mol. The number of nitrogens with zero attached hydrogens (tertiary/aromatic N) is 1. The second-order valence-electron chi connectivity index (χ2n) is 8.67. The van der Waals surface area contributed by atoms with Crippen LogP contribution in [0.2, 0.25) is 5.02 Å². The van der Waals surface area contributed by atoms with Crippen LogP contribution >= 0.6 is 11.6 Å². The molecular formula is C28H28ClF3N2O4. The maximum Gasteiger partial charge on any atom is 0.416 e. The van der Waals surface area contributed by atoms with Crippen LogP contribution in [-0.4, -0.2) is 35.7 Å². The number of methoxy groups -OCH3 is 1. The quantitative estimate of drug-likeness (QED) is 0.303. The molecule has 1 atom stereocenters. The topological polar surface area (TPSA) is 78.9 Å². The van der Waals surface area contributed by atoms with Crippen molar-refractivity contribution in [2.45, 2.75) is 39.0 Å². The van der Waals surface area contributed by atoms with Crippen LogP contribution in [0, 0.1) is 0 Å². The number of carbonyl (C=O) groups is 2.